The monoisotopic (exact) mass is 475 g/mol. The molecule has 4 rings (SSSR count). The predicted molar refractivity (Wildman–Crippen MR) is 131 cm³/mol. The highest BCUT2D eigenvalue weighted by Gasteiger charge is 2.41. The number of carbonyl (C=O) groups is 2. The summed E-state index contributed by atoms with van der Waals surface area (Å²) in [7, 11) is 4.74. The van der Waals surface area contributed by atoms with Crippen molar-refractivity contribution < 1.29 is 23.8 Å². The van der Waals surface area contributed by atoms with Crippen molar-refractivity contribution in [1.82, 2.24) is 15.2 Å². The maximum absolute atomic E-state index is 13.4. The number of nitrogens with zero attached hydrogens (tertiary/aromatic N) is 2. The summed E-state index contributed by atoms with van der Waals surface area (Å²) in [6, 6.07) is 16.3. The minimum absolute atomic E-state index is 0.127. The molecular weight excluding hydrogens is 446 g/mol. The highest BCUT2D eigenvalue weighted by atomic mass is 16.5. The number of hydrogen-bond donors (Lipinski definition) is 1. The Morgan fingerprint density at radius 2 is 1.77 bits per heavy atom. The fraction of sp³-hybridized carbons (Fsp3) is 0.296. The van der Waals surface area contributed by atoms with Gasteiger partial charge in [-0.3, -0.25) is 14.6 Å². The zero-order valence-corrected chi connectivity index (χ0v) is 20.1. The van der Waals surface area contributed by atoms with Crippen LogP contribution in [0, 0.1) is 5.92 Å². The van der Waals surface area contributed by atoms with Crippen LogP contribution in [0.25, 0.3) is 0 Å². The van der Waals surface area contributed by atoms with E-state index in [1.807, 2.05) is 24.3 Å². The molecule has 0 spiro atoms. The number of nitrogens with one attached hydrogen (secondary N) is 1. The molecule has 2 heterocycles. The molecule has 3 aromatic rings. The van der Waals surface area contributed by atoms with Gasteiger partial charge >= 0.3 is 0 Å². The Morgan fingerprint density at radius 1 is 0.971 bits per heavy atom. The van der Waals surface area contributed by atoms with Crippen LogP contribution in [0.4, 0.5) is 0 Å². The van der Waals surface area contributed by atoms with E-state index in [-0.39, 0.29) is 24.3 Å². The first kappa shape index (κ1) is 24.1. The molecule has 1 aliphatic heterocycles. The normalized spacial score (nSPS) is 17.1. The van der Waals surface area contributed by atoms with Gasteiger partial charge < -0.3 is 24.4 Å². The third kappa shape index (κ3) is 5.37. The Hall–Kier alpha value is -4.07. The number of likely N-dealkylation sites (tertiary alicyclic amines) is 1. The first-order valence-corrected chi connectivity index (χ1v) is 11.4. The zero-order valence-electron chi connectivity index (χ0n) is 20.1. The Labute approximate surface area is 204 Å². The molecule has 8 nitrogen and oxygen atoms in total. The van der Waals surface area contributed by atoms with Crippen molar-refractivity contribution in [2.24, 2.45) is 5.92 Å². The van der Waals surface area contributed by atoms with Gasteiger partial charge in [0.15, 0.2) is 0 Å². The lowest BCUT2D eigenvalue weighted by molar-refractivity contribution is -0.125. The van der Waals surface area contributed by atoms with Crippen LogP contribution < -0.4 is 19.5 Å². The van der Waals surface area contributed by atoms with E-state index in [9.17, 15) is 9.59 Å². The maximum atomic E-state index is 13.4. The predicted octanol–water partition coefficient (Wildman–Crippen LogP) is 3.28. The topological polar surface area (TPSA) is 90.0 Å². The molecule has 1 aromatic heterocycles. The third-order valence-electron chi connectivity index (χ3n) is 6.29. The summed E-state index contributed by atoms with van der Waals surface area (Å²) in [5.41, 5.74) is 2.28. The van der Waals surface area contributed by atoms with E-state index >= 15 is 0 Å². The van der Waals surface area contributed by atoms with Crippen LogP contribution in [-0.2, 0) is 11.3 Å². The molecule has 35 heavy (non-hydrogen) atoms. The van der Waals surface area contributed by atoms with Gasteiger partial charge in [0.05, 0.1) is 27.2 Å². The average Bonchev–Trinajstić information content (AvgIpc) is 3.36. The van der Waals surface area contributed by atoms with Crippen LogP contribution in [0.3, 0.4) is 0 Å². The highest BCUT2D eigenvalue weighted by Crippen LogP contribution is 2.40. The molecule has 0 aliphatic carbocycles. The van der Waals surface area contributed by atoms with Crippen LogP contribution in [0.1, 0.15) is 27.4 Å². The van der Waals surface area contributed by atoms with Crippen LogP contribution in [-0.4, -0.2) is 56.1 Å². The van der Waals surface area contributed by atoms with E-state index in [0.717, 1.165) is 11.1 Å². The van der Waals surface area contributed by atoms with E-state index in [2.05, 4.69) is 10.3 Å². The maximum Gasteiger partial charge on any atom is 0.254 e. The molecule has 182 valence electrons. The summed E-state index contributed by atoms with van der Waals surface area (Å²) in [5, 5.41) is 3.02. The number of rotatable bonds is 8. The van der Waals surface area contributed by atoms with Crippen LogP contribution in [0.15, 0.2) is 67.0 Å². The number of aromatic nitrogens is 1. The Balaban J connectivity index is 1.61. The van der Waals surface area contributed by atoms with Gasteiger partial charge in [0, 0.05) is 55.1 Å². The fourth-order valence-electron chi connectivity index (χ4n) is 4.44. The molecule has 8 heteroatoms. The molecule has 1 N–H and O–H groups in total. The smallest absolute Gasteiger partial charge is 0.254 e. The molecule has 1 fully saturated rings. The number of benzene rings is 2. The van der Waals surface area contributed by atoms with E-state index in [1.54, 1.807) is 69.0 Å². The van der Waals surface area contributed by atoms with Gasteiger partial charge in [0.25, 0.3) is 5.91 Å². The number of carbonyl (C=O) groups excluding carboxylic acids is 2. The molecule has 1 aliphatic rings. The molecule has 0 saturated carbocycles. The van der Waals surface area contributed by atoms with Crippen LogP contribution in [0.2, 0.25) is 0 Å². The minimum atomic E-state index is -0.455. The number of ether oxygens (including phenoxy) is 3. The van der Waals surface area contributed by atoms with Crippen molar-refractivity contribution in [2.75, 3.05) is 34.4 Å². The molecular formula is C27H29N3O5. The number of pyridine rings is 1. The van der Waals surface area contributed by atoms with Gasteiger partial charge in [-0.15, -0.1) is 0 Å². The average molecular weight is 476 g/mol. The standard InChI is InChI=1S/C27H29N3O5/c1-33-20-8-4-7-19(12-20)27(32)30-16-23(22-10-9-21(34-2)13-25(22)35-3)24(17-30)26(31)29-15-18-6-5-11-28-14-18/h4-14,23-24H,15-17H2,1-3H3,(H,29,31). The Kier molecular flexibility index (Phi) is 7.50. The number of hydrogen-bond acceptors (Lipinski definition) is 6. The molecule has 0 radical (unpaired) electrons. The van der Waals surface area contributed by atoms with Crippen molar-refractivity contribution in [3.63, 3.8) is 0 Å². The zero-order chi connectivity index (χ0) is 24.8. The summed E-state index contributed by atoms with van der Waals surface area (Å²) in [6.07, 6.45) is 3.41. The van der Waals surface area contributed by atoms with Crippen molar-refractivity contribution in [2.45, 2.75) is 12.5 Å². The molecule has 2 amide bonds. The van der Waals surface area contributed by atoms with Crippen molar-refractivity contribution >= 4 is 11.8 Å². The third-order valence-corrected chi connectivity index (χ3v) is 6.29. The largest absolute Gasteiger partial charge is 0.497 e. The summed E-state index contributed by atoms with van der Waals surface area (Å²) < 4.78 is 16.2. The number of amides is 2. The second kappa shape index (κ2) is 10.9. The Morgan fingerprint density at radius 3 is 2.49 bits per heavy atom. The van der Waals surface area contributed by atoms with Crippen molar-refractivity contribution in [3.8, 4) is 17.2 Å². The van der Waals surface area contributed by atoms with E-state index < -0.39 is 5.92 Å². The van der Waals surface area contributed by atoms with E-state index in [1.165, 1.54) is 0 Å². The van der Waals surface area contributed by atoms with Gasteiger partial charge in [-0.25, -0.2) is 0 Å². The van der Waals surface area contributed by atoms with Crippen molar-refractivity contribution in [1.29, 1.82) is 0 Å². The lowest BCUT2D eigenvalue weighted by Crippen LogP contribution is -2.35. The number of methoxy groups -OCH3 is 3. The first-order valence-electron chi connectivity index (χ1n) is 11.4. The van der Waals surface area contributed by atoms with Crippen LogP contribution in [0.5, 0.6) is 17.2 Å². The van der Waals surface area contributed by atoms with Crippen molar-refractivity contribution in [3.05, 3.63) is 83.7 Å². The lowest BCUT2D eigenvalue weighted by atomic mass is 9.87. The molecule has 0 bridgehead atoms. The van der Waals surface area contributed by atoms with Gasteiger partial charge in [0.2, 0.25) is 5.91 Å². The van der Waals surface area contributed by atoms with E-state index in [0.29, 0.717) is 35.9 Å². The second-order valence-corrected chi connectivity index (χ2v) is 8.34. The second-order valence-electron chi connectivity index (χ2n) is 8.34. The van der Waals surface area contributed by atoms with Gasteiger partial charge in [-0.1, -0.05) is 18.2 Å². The minimum Gasteiger partial charge on any atom is -0.497 e. The van der Waals surface area contributed by atoms with Gasteiger partial charge in [-0.05, 0) is 35.9 Å². The van der Waals surface area contributed by atoms with Gasteiger partial charge in [0.1, 0.15) is 17.2 Å². The molecule has 1 saturated heterocycles. The summed E-state index contributed by atoms with van der Waals surface area (Å²) >= 11 is 0. The summed E-state index contributed by atoms with van der Waals surface area (Å²) in [5.74, 6) is 0.902. The lowest BCUT2D eigenvalue weighted by Gasteiger charge is -2.21. The SMILES string of the molecule is COc1cccc(C(=O)N2CC(C(=O)NCc3cccnc3)C(c3ccc(OC)cc3OC)C2)c1. The Bertz CT molecular complexity index is 1180. The van der Waals surface area contributed by atoms with Gasteiger partial charge in [-0.2, -0.15) is 0 Å². The summed E-state index contributed by atoms with van der Waals surface area (Å²) in [4.78, 5) is 32.6. The molecule has 2 aromatic carbocycles. The molecule has 2 atom stereocenters. The quantitative estimate of drug-likeness (QED) is 0.538. The van der Waals surface area contributed by atoms with Crippen LogP contribution >= 0.6 is 0 Å². The molecule has 2 unspecified atom stereocenters. The first-order chi connectivity index (χ1) is 17.0. The fourth-order valence-corrected chi connectivity index (χ4v) is 4.44. The highest BCUT2D eigenvalue weighted by molar-refractivity contribution is 5.95. The van der Waals surface area contributed by atoms with E-state index in [4.69, 9.17) is 14.2 Å². The summed E-state index contributed by atoms with van der Waals surface area (Å²) in [6.45, 7) is 1.03.